The Morgan fingerprint density at radius 1 is 1.43 bits per heavy atom. The van der Waals surface area contributed by atoms with Crippen LogP contribution in [0.2, 0.25) is 0 Å². The molecular weight excluding hydrogens is 262 g/mol. The second-order valence-electron chi connectivity index (χ2n) is 5.99. The predicted octanol–water partition coefficient (Wildman–Crippen LogP) is 2.30. The van der Waals surface area contributed by atoms with E-state index in [0.717, 1.165) is 29.6 Å². The lowest BCUT2D eigenvalue weighted by atomic mass is 10.0. The molecule has 2 aromatic rings. The van der Waals surface area contributed by atoms with Gasteiger partial charge in [-0.15, -0.1) is 0 Å². The minimum atomic E-state index is -0.456. The Balaban J connectivity index is 1.69. The highest BCUT2D eigenvalue weighted by molar-refractivity contribution is 5.86. The zero-order chi connectivity index (χ0) is 14.8. The first-order valence-electron chi connectivity index (χ1n) is 7.78. The zero-order valence-corrected chi connectivity index (χ0v) is 12.5. The van der Waals surface area contributed by atoms with E-state index in [9.17, 15) is 4.79 Å². The van der Waals surface area contributed by atoms with E-state index in [1.165, 1.54) is 12.8 Å². The van der Waals surface area contributed by atoms with Gasteiger partial charge in [0.05, 0.1) is 6.04 Å². The van der Waals surface area contributed by atoms with Gasteiger partial charge in [-0.25, -0.2) is 0 Å². The number of nitrogens with one attached hydrogen (secondary N) is 1. The molecule has 1 aromatic carbocycles. The van der Waals surface area contributed by atoms with E-state index in [2.05, 4.69) is 11.1 Å². The molecule has 3 rings (SSSR count). The van der Waals surface area contributed by atoms with E-state index >= 15 is 0 Å². The number of nitrogens with zero attached hydrogens (tertiary/aromatic N) is 1. The summed E-state index contributed by atoms with van der Waals surface area (Å²) >= 11 is 0. The first-order valence-corrected chi connectivity index (χ1v) is 7.78. The highest BCUT2D eigenvalue weighted by atomic mass is 16.2. The molecule has 4 heteroatoms. The monoisotopic (exact) mass is 285 g/mol. The van der Waals surface area contributed by atoms with Gasteiger partial charge in [0, 0.05) is 30.2 Å². The number of nitrogens with two attached hydrogens (primary N) is 1. The predicted molar refractivity (Wildman–Crippen MR) is 85.0 cm³/mol. The van der Waals surface area contributed by atoms with Crippen LogP contribution in [-0.2, 0) is 11.2 Å². The van der Waals surface area contributed by atoms with Gasteiger partial charge in [-0.3, -0.25) is 4.79 Å². The molecule has 0 bridgehead atoms. The third-order valence-corrected chi connectivity index (χ3v) is 4.30. The third kappa shape index (κ3) is 3.10. The first kappa shape index (κ1) is 14.1. The van der Waals surface area contributed by atoms with Crippen LogP contribution in [0, 0.1) is 5.92 Å². The number of likely N-dealkylation sites (N-methyl/N-ethyl adjacent to an activating group) is 1. The van der Waals surface area contributed by atoms with Crippen molar-refractivity contribution in [2.45, 2.75) is 32.2 Å². The van der Waals surface area contributed by atoms with Crippen molar-refractivity contribution in [1.82, 2.24) is 9.88 Å². The molecule has 0 saturated heterocycles. The van der Waals surface area contributed by atoms with Crippen molar-refractivity contribution < 1.29 is 4.79 Å². The number of aromatic amines is 1. The molecule has 1 amide bonds. The van der Waals surface area contributed by atoms with Crippen molar-refractivity contribution in [3.05, 3.63) is 36.0 Å². The number of carbonyl (C=O) groups excluding carboxylic acids is 1. The number of fused-ring (bicyclic) bond motifs is 1. The van der Waals surface area contributed by atoms with Crippen LogP contribution in [0.4, 0.5) is 0 Å². The molecule has 1 aromatic heterocycles. The molecular formula is C17H23N3O. The van der Waals surface area contributed by atoms with Crippen LogP contribution in [0.25, 0.3) is 10.9 Å². The Kier molecular flexibility index (Phi) is 3.97. The second kappa shape index (κ2) is 5.90. The smallest absolute Gasteiger partial charge is 0.239 e. The largest absolute Gasteiger partial charge is 0.361 e. The number of H-pyrrole nitrogens is 1. The summed E-state index contributed by atoms with van der Waals surface area (Å²) < 4.78 is 0. The highest BCUT2D eigenvalue weighted by Gasteiger charge is 2.28. The molecule has 1 aliphatic rings. The second-order valence-corrected chi connectivity index (χ2v) is 5.99. The quantitative estimate of drug-likeness (QED) is 0.855. The van der Waals surface area contributed by atoms with Crippen molar-refractivity contribution in [2.75, 3.05) is 13.1 Å². The standard InChI is InChI=1S/C17H23N3O/c1-2-20(11-12-7-8-12)17(21)15(18)9-13-10-19-16-6-4-3-5-14(13)16/h3-6,10,12,15,19H,2,7-9,11,18H2,1H3. The number of para-hydroxylation sites is 1. The van der Waals surface area contributed by atoms with Gasteiger partial charge in [0.1, 0.15) is 0 Å². The van der Waals surface area contributed by atoms with Crippen molar-refractivity contribution in [2.24, 2.45) is 11.7 Å². The third-order valence-electron chi connectivity index (χ3n) is 4.30. The van der Waals surface area contributed by atoms with Gasteiger partial charge in [-0.05, 0) is 43.7 Å². The summed E-state index contributed by atoms with van der Waals surface area (Å²) in [4.78, 5) is 17.6. The summed E-state index contributed by atoms with van der Waals surface area (Å²) in [7, 11) is 0. The molecule has 1 aliphatic carbocycles. The maximum absolute atomic E-state index is 12.5. The normalized spacial score (nSPS) is 16.1. The summed E-state index contributed by atoms with van der Waals surface area (Å²) in [6.45, 7) is 3.65. The minimum absolute atomic E-state index is 0.0784. The topological polar surface area (TPSA) is 62.1 Å². The summed E-state index contributed by atoms with van der Waals surface area (Å²) in [6, 6.07) is 7.67. The Labute approximate surface area is 125 Å². The van der Waals surface area contributed by atoms with Gasteiger partial charge >= 0.3 is 0 Å². The fraction of sp³-hybridized carbons (Fsp3) is 0.471. The van der Waals surface area contributed by atoms with Gasteiger partial charge in [0.2, 0.25) is 5.91 Å². The van der Waals surface area contributed by atoms with Crippen molar-refractivity contribution in [3.63, 3.8) is 0 Å². The average Bonchev–Trinajstić information content (AvgIpc) is 3.24. The van der Waals surface area contributed by atoms with Crippen molar-refractivity contribution >= 4 is 16.8 Å². The van der Waals surface area contributed by atoms with Gasteiger partial charge in [-0.2, -0.15) is 0 Å². The fourth-order valence-electron chi connectivity index (χ4n) is 2.85. The minimum Gasteiger partial charge on any atom is -0.361 e. The molecule has 21 heavy (non-hydrogen) atoms. The number of rotatable bonds is 6. The Hall–Kier alpha value is -1.81. The number of carbonyl (C=O) groups is 1. The van der Waals surface area contributed by atoms with Gasteiger partial charge < -0.3 is 15.6 Å². The number of hydrogen-bond acceptors (Lipinski definition) is 2. The lowest BCUT2D eigenvalue weighted by Crippen LogP contribution is -2.45. The lowest BCUT2D eigenvalue weighted by molar-refractivity contribution is -0.132. The zero-order valence-electron chi connectivity index (χ0n) is 12.5. The Morgan fingerprint density at radius 3 is 2.90 bits per heavy atom. The van der Waals surface area contributed by atoms with Gasteiger partial charge in [0.25, 0.3) is 0 Å². The number of aromatic nitrogens is 1. The van der Waals surface area contributed by atoms with Crippen molar-refractivity contribution in [1.29, 1.82) is 0 Å². The maximum atomic E-state index is 12.5. The number of benzene rings is 1. The van der Waals surface area contributed by atoms with Gasteiger partial charge in [-0.1, -0.05) is 18.2 Å². The molecule has 3 N–H and O–H groups in total. The molecule has 4 nitrogen and oxygen atoms in total. The molecule has 1 saturated carbocycles. The van der Waals surface area contributed by atoms with Crippen LogP contribution in [0.3, 0.4) is 0 Å². The van der Waals surface area contributed by atoms with E-state index in [0.29, 0.717) is 12.3 Å². The van der Waals surface area contributed by atoms with E-state index in [1.54, 1.807) is 0 Å². The van der Waals surface area contributed by atoms with Gasteiger partial charge in [0.15, 0.2) is 0 Å². The Morgan fingerprint density at radius 2 is 2.19 bits per heavy atom. The van der Waals surface area contributed by atoms with Crippen LogP contribution in [0.1, 0.15) is 25.3 Å². The number of hydrogen-bond donors (Lipinski definition) is 2. The average molecular weight is 285 g/mol. The molecule has 1 fully saturated rings. The van der Waals surface area contributed by atoms with Crippen LogP contribution < -0.4 is 5.73 Å². The first-order chi connectivity index (χ1) is 10.2. The summed E-state index contributed by atoms with van der Waals surface area (Å²) in [5, 5.41) is 1.16. The number of amides is 1. The van der Waals surface area contributed by atoms with E-state index < -0.39 is 6.04 Å². The fourth-order valence-corrected chi connectivity index (χ4v) is 2.85. The molecule has 1 atom stereocenters. The van der Waals surface area contributed by atoms with E-state index in [-0.39, 0.29) is 5.91 Å². The van der Waals surface area contributed by atoms with Crippen LogP contribution in [0.15, 0.2) is 30.5 Å². The molecule has 0 radical (unpaired) electrons. The lowest BCUT2D eigenvalue weighted by Gasteiger charge is -2.24. The van der Waals surface area contributed by atoms with Crippen LogP contribution >= 0.6 is 0 Å². The molecule has 0 aliphatic heterocycles. The summed E-state index contributed by atoms with van der Waals surface area (Å²) in [5.74, 6) is 0.781. The van der Waals surface area contributed by atoms with Crippen molar-refractivity contribution in [3.8, 4) is 0 Å². The van der Waals surface area contributed by atoms with E-state index in [4.69, 9.17) is 5.73 Å². The van der Waals surface area contributed by atoms with E-state index in [1.807, 2.05) is 36.2 Å². The molecule has 1 heterocycles. The summed E-state index contributed by atoms with van der Waals surface area (Å²) in [6.07, 6.45) is 5.06. The van der Waals surface area contributed by atoms with Crippen LogP contribution in [0.5, 0.6) is 0 Å². The molecule has 112 valence electrons. The van der Waals surface area contributed by atoms with Crippen LogP contribution in [-0.4, -0.2) is 34.9 Å². The summed E-state index contributed by atoms with van der Waals surface area (Å²) in [5.41, 5.74) is 8.38. The molecule has 0 spiro atoms. The highest BCUT2D eigenvalue weighted by Crippen LogP contribution is 2.30. The molecule has 1 unspecified atom stereocenters. The Bertz CT molecular complexity index is 630. The SMILES string of the molecule is CCN(CC1CC1)C(=O)C(N)Cc1c[nH]c2ccccc12. The maximum Gasteiger partial charge on any atom is 0.239 e.